The first-order valence-corrected chi connectivity index (χ1v) is 11.2. The van der Waals surface area contributed by atoms with E-state index in [-0.39, 0.29) is 0 Å². The Morgan fingerprint density at radius 3 is 2.59 bits per heavy atom. The highest BCUT2D eigenvalue weighted by molar-refractivity contribution is 14.1. The third kappa shape index (κ3) is 5.20. The van der Waals surface area contributed by atoms with E-state index in [0.29, 0.717) is 10.8 Å². The summed E-state index contributed by atoms with van der Waals surface area (Å²) in [4.78, 5) is 3.01. The van der Waals surface area contributed by atoms with Crippen LogP contribution in [-0.2, 0) is 9.84 Å². The number of alkyl halides is 1. The third-order valence-electron chi connectivity index (χ3n) is 4.40. The number of sulfone groups is 1. The number of hydrogen-bond acceptors (Lipinski definition) is 3. The normalized spacial score (nSPS) is 19.2. The first-order chi connectivity index (χ1) is 10.4. The van der Waals surface area contributed by atoms with Gasteiger partial charge in [0.25, 0.3) is 0 Å². The maximum atomic E-state index is 11.7. The van der Waals surface area contributed by atoms with Gasteiger partial charge in [0.1, 0.15) is 0 Å². The Balaban J connectivity index is 1.94. The highest BCUT2D eigenvalue weighted by Gasteiger charge is 2.22. The van der Waals surface area contributed by atoms with E-state index in [1.807, 2.05) is 12.1 Å². The first kappa shape index (κ1) is 18.2. The number of halogens is 1. The van der Waals surface area contributed by atoms with Crippen molar-refractivity contribution in [2.45, 2.75) is 47.3 Å². The van der Waals surface area contributed by atoms with Gasteiger partial charge in [-0.2, -0.15) is 0 Å². The standard InChI is InChI=1S/C17H26INO2S/c1-3-5-16(18)13-19-10-8-14(9-11-19)15-6-4-7-17(12-15)22(2,20)21/h4,6-7,12,14,16H,3,5,8-11,13H2,1-2H3. The fourth-order valence-electron chi connectivity index (χ4n) is 3.13. The second-order valence-corrected chi connectivity index (χ2v) is 10.1. The van der Waals surface area contributed by atoms with Crippen LogP contribution in [0.5, 0.6) is 0 Å². The molecule has 22 heavy (non-hydrogen) atoms. The minimum absolute atomic E-state index is 0.447. The van der Waals surface area contributed by atoms with E-state index in [0.717, 1.165) is 29.9 Å². The van der Waals surface area contributed by atoms with Gasteiger partial charge in [-0.1, -0.05) is 48.1 Å². The smallest absolute Gasteiger partial charge is 0.175 e. The predicted molar refractivity (Wildman–Crippen MR) is 101 cm³/mol. The van der Waals surface area contributed by atoms with E-state index in [2.05, 4.69) is 40.5 Å². The van der Waals surface area contributed by atoms with Crippen molar-refractivity contribution in [1.82, 2.24) is 4.90 Å². The maximum Gasteiger partial charge on any atom is 0.175 e. The zero-order valence-electron chi connectivity index (χ0n) is 13.5. The molecule has 1 heterocycles. The molecule has 124 valence electrons. The molecule has 1 aromatic rings. The molecule has 0 bridgehead atoms. The van der Waals surface area contributed by atoms with E-state index in [4.69, 9.17) is 0 Å². The summed E-state index contributed by atoms with van der Waals surface area (Å²) in [6.07, 6.45) is 6.08. The minimum atomic E-state index is -3.11. The van der Waals surface area contributed by atoms with Crippen molar-refractivity contribution in [2.24, 2.45) is 0 Å². The second-order valence-electron chi connectivity index (χ2n) is 6.31. The fourth-order valence-corrected chi connectivity index (χ4v) is 4.99. The van der Waals surface area contributed by atoms with Crippen LogP contribution in [0.25, 0.3) is 0 Å². The lowest BCUT2D eigenvalue weighted by molar-refractivity contribution is 0.213. The molecule has 2 rings (SSSR count). The average Bonchev–Trinajstić information content (AvgIpc) is 2.47. The summed E-state index contributed by atoms with van der Waals surface area (Å²) in [7, 11) is -3.11. The fraction of sp³-hybridized carbons (Fsp3) is 0.647. The van der Waals surface area contributed by atoms with Gasteiger partial charge in [0, 0.05) is 16.7 Å². The number of benzene rings is 1. The van der Waals surface area contributed by atoms with Gasteiger partial charge < -0.3 is 4.90 Å². The van der Waals surface area contributed by atoms with E-state index in [1.54, 1.807) is 6.07 Å². The highest BCUT2D eigenvalue weighted by atomic mass is 127. The van der Waals surface area contributed by atoms with Crippen molar-refractivity contribution in [3.63, 3.8) is 0 Å². The zero-order chi connectivity index (χ0) is 16.2. The molecule has 1 aliphatic heterocycles. The van der Waals surface area contributed by atoms with Crippen LogP contribution in [0.15, 0.2) is 29.2 Å². The van der Waals surface area contributed by atoms with E-state index in [1.165, 1.54) is 31.2 Å². The minimum Gasteiger partial charge on any atom is -0.302 e. The Hall–Kier alpha value is -0.140. The summed E-state index contributed by atoms with van der Waals surface area (Å²) < 4.78 is 24.1. The molecule has 1 atom stereocenters. The first-order valence-electron chi connectivity index (χ1n) is 8.06. The van der Waals surface area contributed by atoms with Gasteiger partial charge in [0.05, 0.1) is 4.90 Å². The van der Waals surface area contributed by atoms with Crippen molar-refractivity contribution in [1.29, 1.82) is 0 Å². The van der Waals surface area contributed by atoms with Gasteiger partial charge in [0.15, 0.2) is 9.84 Å². The Morgan fingerprint density at radius 2 is 2.00 bits per heavy atom. The van der Waals surface area contributed by atoms with Gasteiger partial charge >= 0.3 is 0 Å². The molecule has 0 saturated carbocycles. The van der Waals surface area contributed by atoms with Crippen LogP contribution in [0.4, 0.5) is 0 Å². The van der Waals surface area contributed by atoms with Gasteiger partial charge in [0.2, 0.25) is 0 Å². The molecule has 0 spiro atoms. The summed E-state index contributed by atoms with van der Waals surface area (Å²) in [6.45, 7) is 5.67. The second kappa shape index (κ2) is 8.11. The van der Waals surface area contributed by atoms with E-state index < -0.39 is 9.84 Å². The molecular formula is C17H26INO2S. The topological polar surface area (TPSA) is 37.4 Å². The highest BCUT2D eigenvalue weighted by Crippen LogP contribution is 2.30. The molecule has 0 N–H and O–H groups in total. The summed E-state index contributed by atoms with van der Waals surface area (Å²) in [5.74, 6) is 0.497. The number of hydrogen-bond donors (Lipinski definition) is 0. The monoisotopic (exact) mass is 435 g/mol. The zero-order valence-corrected chi connectivity index (χ0v) is 16.4. The molecule has 1 saturated heterocycles. The molecule has 1 unspecified atom stereocenters. The average molecular weight is 435 g/mol. The Kier molecular flexibility index (Phi) is 6.71. The Labute approximate surface area is 148 Å². The van der Waals surface area contributed by atoms with Crippen LogP contribution < -0.4 is 0 Å². The maximum absolute atomic E-state index is 11.7. The van der Waals surface area contributed by atoms with Gasteiger partial charge in [-0.05, 0) is 56.0 Å². The van der Waals surface area contributed by atoms with Crippen LogP contribution in [0.1, 0.15) is 44.1 Å². The molecule has 0 radical (unpaired) electrons. The molecule has 0 aromatic heterocycles. The lowest BCUT2D eigenvalue weighted by atomic mass is 9.89. The third-order valence-corrected chi connectivity index (χ3v) is 6.53. The summed E-state index contributed by atoms with van der Waals surface area (Å²) in [6, 6.07) is 7.51. The quantitative estimate of drug-likeness (QED) is 0.503. The number of nitrogens with zero attached hydrogens (tertiary/aromatic N) is 1. The van der Waals surface area contributed by atoms with Crippen LogP contribution in [0.2, 0.25) is 0 Å². The van der Waals surface area contributed by atoms with Crippen molar-refractivity contribution in [3.8, 4) is 0 Å². The molecule has 3 nitrogen and oxygen atoms in total. The van der Waals surface area contributed by atoms with Gasteiger partial charge in [-0.15, -0.1) is 0 Å². The van der Waals surface area contributed by atoms with Crippen LogP contribution in [0.3, 0.4) is 0 Å². The van der Waals surface area contributed by atoms with Crippen molar-refractivity contribution in [3.05, 3.63) is 29.8 Å². The largest absolute Gasteiger partial charge is 0.302 e. The van der Waals surface area contributed by atoms with Crippen LogP contribution >= 0.6 is 22.6 Å². The lowest BCUT2D eigenvalue weighted by Crippen LogP contribution is -2.36. The number of rotatable bonds is 6. The Bertz CT molecular complexity index is 580. The van der Waals surface area contributed by atoms with Crippen LogP contribution in [0, 0.1) is 0 Å². The summed E-state index contributed by atoms with van der Waals surface area (Å²) >= 11 is 2.57. The molecule has 5 heteroatoms. The molecule has 1 aromatic carbocycles. The van der Waals surface area contributed by atoms with E-state index in [9.17, 15) is 8.42 Å². The Morgan fingerprint density at radius 1 is 1.32 bits per heavy atom. The van der Waals surface area contributed by atoms with Crippen molar-refractivity contribution in [2.75, 3.05) is 25.9 Å². The van der Waals surface area contributed by atoms with E-state index >= 15 is 0 Å². The molecule has 0 amide bonds. The molecule has 0 aliphatic carbocycles. The summed E-state index contributed by atoms with van der Waals surface area (Å²) in [5, 5.41) is 0. The number of piperidine rings is 1. The van der Waals surface area contributed by atoms with Crippen molar-refractivity contribution >= 4 is 32.4 Å². The molecule has 1 fully saturated rings. The van der Waals surface area contributed by atoms with Gasteiger partial charge in [-0.3, -0.25) is 0 Å². The van der Waals surface area contributed by atoms with Crippen LogP contribution in [-0.4, -0.2) is 43.1 Å². The van der Waals surface area contributed by atoms with Gasteiger partial charge in [-0.25, -0.2) is 8.42 Å². The SMILES string of the molecule is CCCC(I)CN1CCC(c2cccc(S(C)(=O)=O)c2)CC1. The predicted octanol–water partition coefficient (Wildman–Crippen LogP) is 3.87. The molecule has 1 aliphatic rings. The number of likely N-dealkylation sites (tertiary alicyclic amines) is 1. The lowest BCUT2D eigenvalue weighted by Gasteiger charge is -2.33. The summed E-state index contributed by atoms with van der Waals surface area (Å²) in [5.41, 5.74) is 1.18. The van der Waals surface area contributed by atoms with Crippen molar-refractivity contribution < 1.29 is 8.42 Å². The molecular weight excluding hydrogens is 409 g/mol.